The number of alkyl halides is 3. The second-order valence-corrected chi connectivity index (χ2v) is 10.3. The summed E-state index contributed by atoms with van der Waals surface area (Å²) in [6, 6.07) is 8.12. The quantitative estimate of drug-likeness (QED) is 0.316. The van der Waals surface area contributed by atoms with E-state index in [2.05, 4.69) is 48.0 Å². The van der Waals surface area contributed by atoms with E-state index in [9.17, 15) is 18.0 Å². The zero-order chi connectivity index (χ0) is 30.8. The van der Waals surface area contributed by atoms with Gasteiger partial charge in [0.2, 0.25) is 0 Å². The zero-order valence-electron chi connectivity index (χ0n) is 23.2. The van der Waals surface area contributed by atoms with Gasteiger partial charge in [-0.05, 0) is 56.2 Å². The minimum Gasteiger partial charge on any atom is -0.475 e. The van der Waals surface area contributed by atoms with Crippen molar-refractivity contribution in [3.05, 3.63) is 66.1 Å². The first-order valence-corrected chi connectivity index (χ1v) is 12.4. The maximum Gasteiger partial charge on any atom is 0.490 e. The first-order valence-electron chi connectivity index (χ1n) is 12.4. The molecule has 4 aromatic heterocycles. The van der Waals surface area contributed by atoms with E-state index >= 15 is 0 Å². The van der Waals surface area contributed by atoms with E-state index in [1.54, 1.807) is 11.0 Å². The van der Waals surface area contributed by atoms with Crippen LogP contribution in [0.4, 0.5) is 13.2 Å². The second-order valence-electron chi connectivity index (χ2n) is 10.3. The van der Waals surface area contributed by atoms with Crippen LogP contribution in [0.25, 0.3) is 27.9 Å². The van der Waals surface area contributed by atoms with E-state index in [4.69, 9.17) is 9.90 Å². The summed E-state index contributed by atoms with van der Waals surface area (Å²) in [5.41, 5.74) is 6.42. The Kier molecular flexibility index (Phi) is 8.08. The fourth-order valence-electron chi connectivity index (χ4n) is 3.77. The number of halogens is 3. The highest BCUT2D eigenvalue weighted by atomic mass is 19.4. The topological polar surface area (TPSA) is 158 Å². The molecule has 0 saturated heterocycles. The van der Waals surface area contributed by atoms with Crippen molar-refractivity contribution < 1.29 is 27.9 Å². The first-order chi connectivity index (χ1) is 19.6. The van der Waals surface area contributed by atoms with Crippen LogP contribution in [0.1, 0.15) is 42.5 Å². The molecule has 4 heterocycles. The molecule has 1 aromatic carbocycles. The Labute approximate surface area is 237 Å². The van der Waals surface area contributed by atoms with Gasteiger partial charge in [-0.1, -0.05) is 12.1 Å². The highest BCUT2D eigenvalue weighted by molar-refractivity contribution is 5.90. The van der Waals surface area contributed by atoms with Crippen LogP contribution in [0.5, 0.6) is 0 Å². The van der Waals surface area contributed by atoms with Crippen molar-refractivity contribution in [3.8, 4) is 22.4 Å². The van der Waals surface area contributed by atoms with Crippen LogP contribution in [0, 0.1) is 6.92 Å². The van der Waals surface area contributed by atoms with Crippen molar-refractivity contribution >= 4 is 17.4 Å². The van der Waals surface area contributed by atoms with Crippen LogP contribution in [-0.2, 0) is 23.9 Å². The standard InChI is InChI=1S/C24H26N10O.C2HF3O2/c1-15-8-16(6-7-17(15)10-25-23(35)22-29-31-34(30-22)24(2,3)4)21-20-9-18(13-33(20)28-14-26-21)19-11-27-32(5)12-19;3-2(4,5)1(6)7/h6-9,11-14H,10H2,1-5H3,(H,25,35);(H,6,7). The Balaban J connectivity index is 0.000000517. The molecule has 0 spiro atoms. The number of hydrogen-bond donors (Lipinski definition) is 2. The predicted molar refractivity (Wildman–Crippen MR) is 143 cm³/mol. The number of hydrogen-bond acceptors (Lipinski definition) is 8. The Bertz CT molecular complexity index is 1750. The number of amides is 1. The summed E-state index contributed by atoms with van der Waals surface area (Å²) in [4.78, 5) is 27.4. The van der Waals surface area contributed by atoms with Crippen molar-refractivity contribution in [2.75, 3.05) is 0 Å². The zero-order valence-corrected chi connectivity index (χ0v) is 23.2. The van der Waals surface area contributed by atoms with Crippen LogP contribution in [0.2, 0.25) is 0 Å². The number of benzene rings is 1. The van der Waals surface area contributed by atoms with Crippen molar-refractivity contribution in [1.82, 2.24) is 49.9 Å². The van der Waals surface area contributed by atoms with Gasteiger partial charge in [0.15, 0.2) is 0 Å². The minimum atomic E-state index is -5.08. The van der Waals surface area contributed by atoms with Crippen molar-refractivity contribution in [2.45, 2.75) is 46.0 Å². The molecule has 42 heavy (non-hydrogen) atoms. The van der Waals surface area contributed by atoms with E-state index in [1.165, 1.54) is 4.80 Å². The molecule has 0 bridgehead atoms. The van der Waals surface area contributed by atoms with Gasteiger partial charge in [-0.15, -0.1) is 10.2 Å². The smallest absolute Gasteiger partial charge is 0.475 e. The van der Waals surface area contributed by atoms with Crippen LogP contribution in [0.15, 0.2) is 49.2 Å². The molecule has 0 unspecified atom stereocenters. The van der Waals surface area contributed by atoms with Gasteiger partial charge in [0.25, 0.3) is 11.7 Å². The summed E-state index contributed by atoms with van der Waals surface area (Å²) in [5.74, 6) is -3.07. The van der Waals surface area contributed by atoms with Crippen LogP contribution >= 0.6 is 0 Å². The Morgan fingerprint density at radius 2 is 1.74 bits per heavy atom. The van der Waals surface area contributed by atoms with Gasteiger partial charge in [0, 0.05) is 42.7 Å². The molecule has 0 fully saturated rings. The Hall–Kier alpha value is -5.15. The average molecular weight is 585 g/mol. The van der Waals surface area contributed by atoms with Crippen molar-refractivity contribution in [1.29, 1.82) is 0 Å². The third-order valence-electron chi connectivity index (χ3n) is 5.96. The third kappa shape index (κ3) is 6.76. The lowest BCUT2D eigenvalue weighted by Gasteiger charge is -2.15. The highest BCUT2D eigenvalue weighted by Crippen LogP contribution is 2.29. The molecule has 0 saturated carbocycles. The van der Waals surface area contributed by atoms with E-state index < -0.39 is 12.1 Å². The Morgan fingerprint density at radius 3 is 2.31 bits per heavy atom. The summed E-state index contributed by atoms with van der Waals surface area (Å²) in [6.07, 6.45) is 2.23. The maximum absolute atomic E-state index is 12.5. The van der Waals surface area contributed by atoms with E-state index in [1.807, 2.05) is 70.0 Å². The summed E-state index contributed by atoms with van der Waals surface area (Å²) in [7, 11) is 1.89. The van der Waals surface area contributed by atoms with E-state index in [-0.39, 0.29) is 17.3 Å². The molecular weight excluding hydrogens is 557 g/mol. The van der Waals surface area contributed by atoms with E-state index in [0.29, 0.717) is 6.54 Å². The average Bonchev–Trinajstić information content (AvgIpc) is 3.66. The number of aromatic nitrogens is 9. The minimum absolute atomic E-state index is 0.0511. The number of rotatable bonds is 5. The molecule has 16 heteroatoms. The fraction of sp³-hybridized carbons (Fsp3) is 0.308. The molecule has 5 rings (SSSR count). The van der Waals surface area contributed by atoms with Gasteiger partial charge >= 0.3 is 12.1 Å². The number of carbonyl (C=O) groups is 2. The maximum atomic E-state index is 12.5. The summed E-state index contributed by atoms with van der Waals surface area (Å²) >= 11 is 0. The van der Waals surface area contributed by atoms with Gasteiger partial charge in [-0.25, -0.2) is 14.3 Å². The molecule has 0 aliphatic carbocycles. The molecule has 220 valence electrons. The molecule has 5 aromatic rings. The Morgan fingerprint density at radius 1 is 1.02 bits per heavy atom. The number of nitrogens with zero attached hydrogens (tertiary/aromatic N) is 9. The SMILES string of the molecule is Cc1cc(-c2ncnn3cc(-c4cnn(C)c4)cc23)ccc1CNC(=O)c1nnn(C(C)(C)C)n1.O=C(O)C(F)(F)F. The number of tetrazole rings is 1. The van der Waals surface area contributed by atoms with Crippen LogP contribution in [0.3, 0.4) is 0 Å². The lowest BCUT2D eigenvalue weighted by Crippen LogP contribution is -2.27. The highest BCUT2D eigenvalue weighted by Gasteiger charge is 2.38. The summed E-state index contributed by atoms with van der Waals surface area (Å²) < 4.78 is 35.3. The molecule has 1 amide bonds. The molecule has 0 radical (unpaired) electrons. The van der Waals surface area contributed by atoms with Gasteiger partial charge in [0.05, 0.1) is 22.9 Å². The monoisotopic (exact) mass is 584 g/mol. The van der Waals surface area contributed by atoms with Gasteiger partial charge < -0.3 is 10.4 Å². The summed E-state index contributed by atoms with van der Waals surface area (Å²) in [5, 5.41) is 30.7. The summed E-state index contributed by atoms with van der Waals surface area (Å²) in [6.45, 7) is 8.20. The van der Waals surface area contributed by atoms with Gasteiger partial charge in [-0.2, -0.15) is 28.2 Å². The van der Waals surface area contributed by atoms with Crippen molar-refractivity contribution in [2.24, 2.45) is 7.05 Å². The molecule has 0 aliphatic rings. The van der Waals surface area contributed by atoms with Crippen molar-refractivity contribution in [3.63, 3.8) is 0 Å². The third-order valence-corrected chi connectivity index (χ3v) is 5.96. The first kappa shape index (κ1) is 29.8. The lowest BCUT2D eigenvalue weighted by molar-refractivity contribution is -0.192. The lowest BCUT2D eigenvalue weighted by atomic mass is 10.0. The van der Waals surface area contributed by atoms with E-state index in [0.717, 1.165) is 39.0 Å². The van der Waals surface area contributed by atoms with Gasteiger partial charge in [0.1, 0.15) is 6.33 Å². The number of aliphatic carboxylic acids is 1. The molecule has 0 atom stereocenters. The number of aryl methyl sites for hydroxylation is 2. The van der Waals surface area contributed by atoms with Crippen LogP contribution < -0.4 is 5.32 Å². The molecule has 2 N–H and O–H groups in total. The van der Waals surface area contributed by atoms with Gasteiger partial charge in [-0.3, -0.25) is 9.48 Å². The number of fused-ring (bicyclic) bond motifs is 1. The number of carbonyl (C=O) groups excluding carboxylic acids is 1. The molecule has 0 aliphatic heterocycles. The molecular formula is C26H27F3N10O3. The number of nitrogens with one attached hydrogen (secondary N) is 1. The fourth-order valence-corrected chi connectivity index (χ4v) is 3.77. The largest absolute Gasteiger partial charge is 0.490 e. The number of carboxylic acids is 1. The predicted octanol–water partition coefficient (Wildman–Crippen LogP) is 3.41. The molecule has 13 nitrogen and oxygen atoms in total. The normalized spacial score (nSPS) is 11.7. The number of carboxylic acid groups (broad SMARTS) is 1. The van der Waals surface area contributed by atoms with Crippen LogP contribution in [-0.4, -0.2) is 67.7 Å². The second kappa shape index (κ2) is 11.4.